The average Bonchev–Trinajstić information content (AvgIpc) is 2.82. The fraction of sp³-hybridized carbons (Fsp3) is 0.321. The van der Waals surface area contributed by atoms with Crippen LogP contribution in [0.2, 0.25) is 5.02 Å². The molecule has 1 heterocycles. The number of rotatable bonds is 7. The first-order valence-corrected chi connectivity index (χ1v) is 11.9. The van der Waals surface area contributed by atoms with Gasteiger partial charge in [0.15, 0.2) is 0 Å². The van der Waals surface area contributed by atoms with Gasteiger partial charge in [0.2, 0.25) is 0 Å². The molecule has 3 aromatic carbocycles. The molecule has 5 heteroatoms. The Morgan fingerprint density at radius 3 is 2.24 bits per heavy atom. The molecule has 33 heavy (non-hydrogen) atoms. The minimum Gasteiger partial charge on any atom is -0.368 e. The molecule has 1 fully saturated rings. The second-order valence-electron chi connectivity index (χ2n) is 8.80. The third kappa shape index (κ3) is 6.44. The Bertz CT molecular complexity index is 1080. The Hall–Kier alpha value is -2.66. The largest absolute Gasteiger partial charge is 0.368 e. The molecule has 1 atom stereocenters. The summed E-state index contributed by atoms with van der Waals surface area (Å²) in [5, 5.41) is 0.722. The summed E-state index contributed by atoms with van der Waals surface area (Å²) in [6.07, 6.45) is -0.0678. The maximum Gasteiger partial charge on any atom is 0.253 e. The van der Waals surface area contributed by atoms with Gasteiger partial charge in [0, 0.05) is 43.3 Å². The highest BCUT2D eigenvalue weighted by atomic mass is 35.5. The summed E-state index contributed by atoms with van der Waals surface area (Å²) in [6.45, 7) is 8.54. The van der Waals surface area contributed by atoms with Crippen molar-refractivity contribution in [2.45, 2.75) is 26.6 Å². The van der Waals surface area contributed by atoms with Gasteiger partial charge in [-0.25, -0.2) is 0 Å². The van der Waals surface area contributed by atoms with Crippen molar-refractivity contribution in [3.8, 4) is 0 Å². The van der Waals surface area contributed by atoms with Crippen LogP contribution in [-0.4, -0.2) is 48.4 Å². The van der Waals surface area contributed by atoms with Crippen LogP contribution in [0.15, 0.2) is 72.8 Å². The molecule has 4 nitrogen and oxygen atoms in total. The molecule has 0 spiro atoms. The lowest BCUT2D eigenvalue weighted by atomic mass is 10.1. The van der Waals surface area contributed by atoms with Crippen LogP contribution in [0.5, 0.6) is 0 Å². The summed E-state index contributed by atoms with van der Waals surface area (Å²) < 4.78 is 6.40. The van der Waals surface area contributed by atoms with Crippen molar-refractivity contribution < 1.29 is 9.53 Å². The molecular formula is C28H31ClN2O2. The van der Waals surface area contributed by atoms with Crippen molar-refractivity contribution >= 4 is 17.5 Å². The Balaban J connectivity index is 1.39. The Kier molecular flexibility index (Phi) is 7.81. The van der Waals surface area contributed by atoms with E-state index in [1.54, 1.807) is 0 Å². The van der Waals surface area contributed by atoms with Crippen molar-refractivity contribution in [1.29, 1.82) is 0 Å². The fourth-order valence-electron chi connectivity index (χ4n) is 4.26. The molecule has 0 saturated carbocycles. The summed E-state index contributed by atoms with van der Waals surface area (Å²) in [7, 11) is 0. The van der Waals surface area contributed by atoms with Gasteiger partial charge in [-0.1, -0.05) is 71.3 Å². The number of amides is 1. The van der Waals surface area contributed by atoms with E-state index in [4.69, 9.17) is 16.3 Å². The molecule has 1 aliphatic rings. The Labute approximate surface area is 201 Å². The third-order valence-corrected chi connectivity index (χ3v) is 6.38. The van der Waals surface area contributed by atoms with Crippen molar-refractivity contribution in [3.05, 3.63) is 106 Å². The fourth-order valence-corrected chi connectivity index (χ4v) is 4.39. The van der Waals surface area contributed by atoms with E-state index in [-0.39, 0.29) is 12.0 Å². The topological polar surface area (TPSA) is 32.8 Å². The molecule has 1 amide bonds. The first kappa shape index (κ1) is 23.5. The molecule has 1 aliphatic heterocycles. The predicted molar refractivity (Wildman–Crippen MR) is 134 cm³/mol. The van der Waals surface area contributed by atoms with E-state index < -0.39 is 0 Å². The van der Waals surface area contributed by atoms with E-state index in [1.807, 2.05) is 60.4 Å². The first-order chi connectivity index (χ1) is 16.0. The first-order valence-electron chi connectivity index (χ1n) is 11.5. The molecule has 0 unspecified atom stereocenters. The van der Waals surface area contributed by atoms with Gasteiger partial charge in [-0.3, -0.25) is 9.69 Å². The minimum atomic E-state index is -0.0678. The molecule has 3 aromatic rings. The maximum atomic E-state index is 12.9. The van der Waals surface area contributed by atoms with Gasteiger partial charge in [-0.05, 0) is 49.2 Å². The number of carbonyl (C=O) groups excluding carboxylic acids is 1. The lowest BCUT2D eigenvalue weighted by Gasteiger charge is -2.36. The van der Waals surface area contributed by atoms with E-state index in [2.05, 4.69) is 36.1 Å². The van der Waals surface area contributed by atoms with Crippen molar-refractivity contribution in [1.82, 2.24) is 9.80 Å². The van der Waals surface area contributed by atoms with E-state index in [0.717, 1.165) is 54.4 Å². The van der Waals surface area contributed by atoms with Gasteiger partial charge >= 0.3 is 0 Å². The van der Waals surface area contributed by atoms with Crippen LogP contribution in [0.1, 0.15) is 38.7 Å². The highest BCUT2D eigenvalue weighted by Gasteiger charge is 2.25. The van der Waals surface area contributed by atoms with Crippen LogP contribution in [0.25, 0.3) is 0 Å². The SMILES string of the molecule is Cc1cccc(CO[C@H](CN2CCN(C(=O)c3cccc(C)c3)CC2)c2ccc(Cl)cc2)c1. The predicted octanol–water partition coefficient (Wildman–Crippen LogP) is 5.67. The van der Waals surface area contributed by atoms with E-state index in [9.17, 15) is 4.79 Å². The highest BCUT2D eigenvalue weighted by molar-refractivity contribution is 6.30. The molecule has 4 rings (SSSR count). The molecule has 0 aromatic heterocycles. The minimum absolute atomic E-state index is 0.0678. The number of hydrogen-bond acceptors (Lipinski definition) is 3. The monoisotopic (exact) mass is 462 g/mol. The van der Waals surface area contributed by atoms with Crippen LogP contribution in [-0.2, 0) is 11.3 Å². The van der Waals surface area contributed by atoms with Gasteiger partial charge in [-0.15, -0.1) is 0 Å². The standard InChI is InChI=1S/C28H31ClN2O2/c1-21-5-3-7-23(17-21)20-33-27(24-9-11-26(29)12-10-24)19-30-13-15-31(16-14-30)28(32)25-8-4-6-22(2)18-25/h3-12,17-18,27H,13-16,19-20H2,1-2H3/t27-/m1/s1. The normalized spacial score (nSPS) is 15.4. The van der Waals surface area contributed by atoms with E-state index in [1.165, 1.54) is 11.1 Å². The number of hydrogen-bond donors (Lipinski definition) is 0. The Morgan fingerprint density at radius 1 is 0.909 bits per heavy atom. The highest BCUT2D eigenvalue weighted by Crippen LogP contribution is 2.24. The summed E-state index contributed by atoms with van der Waals surface area (Å²) in [4.78, 5) is 17.2. The zero-order valence-electron chi connectivity index (χ0n) is 19.3. The maximum absolute atomic E-state index is 12.9. The lowest BCUT2D eigenvalue weighted by molar-refractivity contribution is 0.00341. The quantitative estimate of drug-likeness (QED) is 0.453. The molecular weight excluding hydrogens is 432 g/mol. The zero-order chi connectivity index (χ0) is 23.2. The number of benzene rings is 3. The summed E-state index contributed by atoms with van der Waals surface area (Å²) >= 11 is 6.12. The van der Waals surface area contributed by atoms with Gasteiger partial charge in [0.05, 0.1) is 12.7 Å². The molecule has 172 valence electrons. The van der Waals surface area contributed by atoms with Crippen molar-refractivity contribution in [2.75, 3.05) is 32.7 Å². The lowest BCUT2D eigenvalue weighted by Crippen LogP contribution is -2.49. The third-order valence-electron chi connectivity index (χ3n) is 6.12. The number of nitrogens with zero attached hydrogens (tertiary/aromatic N) is 2. The van der Waals surface area contributed by atoms with Gasteiger partial charge in [0.25, 0.3) is 5.91 Å². The average molecular weight is 463 g/mol. The summed E-state index contributed by atoms with van der Waals surface area (Å²) in [5.41, 5.74) is 5.39. The van der Waals surface area contributed by atoms with E-state index in [0.29, 0.717) is 6.61 Å². The van der Waals surface area contributed by atoms with Gasteiger partial charge < -0.3 is 9.64 Å². The van der Waals surface area contributed by atoms with E-state index >= 15 is 0 Å². The molecule has 0 radical (unpaired) electrons. The summed E-state index contributed by atoms with van der Waals surface area (Å²) in [6, 6.07) is 24.2. The molecule has 0 N–H and O–H groups in total. The second-order valence-corrected chi connectivity index (χ2v) is 9.24. The van der Waals surface area contributed by atoms with Crippen LogP contribution >= 0.6 is 11.6 Å². The van der Waals surface area contributed by atoms with Crippen molar-refractivity contribution in [3.63, 3.8) is 0 Å². The van der Waals surface area contributed by atoms with Crippen LogP contribution in [0.4, 0.5) is 0 Å². The molecule has 0 bridgehead atoms. The number of carbonyl (C=O) groups is 1. The number of ether oxygens (including phenoxy) is 1. The Morgan fingerprint density at radius 2 is 1.58 bits per heavy atom. The molecule has 1 saturated heterocycles. The van der Waals surface area contributed by atoms with Gasteiger partial charge in [-0.2, -0.15) is 0 Å². The number of halogens is 1. The van der Waals surface area contributed by atoms with Crippen LogP contribution < -0.4 is 0 Å². The molecule has 0 aliphatic carbocycles. The second kappa shape index (κ2) is 11.0. The van der Waals surface area contributed by atoms with Crippen LogP contribution in [0, 0.1) is 13.8 Å². The van der Waals surface area contributed by atoms with Crippen molar-refractivity contribution in [2.24, 2.45) is 0 Å². The van der Waals surface area contributed by atoms with Gasteiger partial charge in [0.1, 0.15) is 0 Å². The number of piperazine rings is 1. The zero-order valence-corrected chi connectivity index (χ0v) is 20.1. The smallest absolute Gasteiger partial charge is 0.253 e. The number of aryl methyl sites for hydroxylation is 2. The summed E-state index contributed by atoms with van der Waals surface area (Å²) in [5.74, 6) is 0.114. The van der Waals surface area contributed by atoms with Crippen LogP contribution in [0.3, 0.4) is 0 Å².